The first-order valence-corrected chi connectivity index (χ1v) is 7.45. The SMILES string of the molecule is CC1C(C(=O)O)C(C(=O)O)CC2C1C(C(=O)O)C2(Br)C(=O)O. The summed E-state index contributed by atoms with van der Waals surface area (Å²) in [4.78, 5) is 45.7. The molecule has 0 aromatic rings. The van der Waals surface area contributed by atoms with Gasteiger partial charge in [0.15, 0.2) is 0 Å². The summed E-state index contributed by atoms with van der Waals surface area (Å²) in [6.45, 7) is 1.48. The number of carboxylic acid groups (broad SMARTS) is 4. The predicted octanol–water partition coefficient (Wildman–Crippen LogP) is 0.593. The molecule has 122 valence electrons. The van der Waals surface area contributed by atoms with Crippen LogP contribution < -0.4 is 0 Å². The number of alkyl halides is 1. The summed E-state index contributed by atoms with van der Waals surface area (Å²) in [6.07, 6.45) is -0.178. The van der Waals surface area contributed by atoms with Crippen LogP contribution in [-0.2, 0) is 19.2 Å². The van der Waals surface area contributed by atoms with Gasteiger partial charge >= 0.3 is 23.9 Å². The third-order valence-electron chi connectivity index (χ3n) is 5.15. The van der Waals surface area contributed by atoms with Crippen LogP contribution in [0, 0.1) is 35.5 Å². The maximum Gasteiger partial charge on any atom is 0.321 e. The summed E-state index contributed by atoms with van der Waals surface area (Å²) in [6, 6.07) is 0. The number of halogens is 1. The Bertz CT molecular complexity index is 560. The van der Waals surface area contributed by atoms with E-state index in [2.05, 4.69) is 15.9 Å². The highest BCUT2D eigenvalue weighted by Crippen LogP contribution is 2.64. The third kappa shape index (κ3) is 2.02. The number of rotatable bonds is 4. The summed E-state index contributed by atoms with van der Waals surface area (Å²) in [5.74, 6) is -11.2. The fraction of sp³-hybridized carbons (Fsp3) is 0.692. The smallest absolute Gasteiger partial charge is 0.321 e. The number of carbonyl (C=O) groups is 4. The maximum absolute atomic E-state index is 11.5. The van der Waals surface area contributed by atoms with E-state index < -0.39 is 63.7 Å². The van der Waals surface area contributed by atoms with Gasteiger partial charge in [-0.15, -0.1) is 0 Å². The van der Waals surface area contributed by atoms with Gasteiger partial charge in [0.1, 0.15) is 4.32 Å². The van der Waals surface area contributed by atoms with Gasteiger partial charge in [0, 0.05) is 0 Å². The highest BCUT2D eigenvalue weighted by Gasteiger charge is 2.73. The van der Waals surface area contributed by atoms with Gasteiger partial charge < -0.3 is 20.4 Å². The summed E-state index contributed by atoms with van der Waals surface area (Å²) in [7, 11) is 0. The van der Waals surface area contributed by atoms with Crippen LogP contribution in [0.15, 0.2) is 0 Å². The fourth-order valence-corrected chi connectivity index (χ4v) is 5.21. The van der Waals surface area contributed by atoms with Crippen LogP contribution in [0.1, 0.15) is 13.3 Å². The van der Waals surface area contributed by atoms with E-state index in [9.17, 15) is 39.6 Å². The molecule has 0 heterocycles. The van der Waals surface area contributed by atoms with Crippen molar-refractivity contribution in [3.63, 3.8) is 0 Å². The summed E-state index contributed by atoms with van der Waals surface area (Å²) < 4.78 is -1.76. The molecule has 9 heteroatoms. The van der Waals surface area contributed by atoms with Crippen LogP contribution in [0.3, 0.4) is 0 Å². The maximum atomic E-state index is 11.5. The quantitative estimate of drug-likeness (QED) is 0.519. The molecule has 0 aromatic carbocycles. The highest BCUT2D eigenvalue weighted by atomic mass is 79.9. The molecule has 0 bridgehead atoms. The summed E-state index contributed by atoms with van der Waals surface area (Å²) >= 11 is 2.98. The monoisotopic (exact) mass is 378 g/mol. The Balaban J connectivity index is 2.46. The van der Waals surface area contributed by atoms with Gasteiger partial charge in [-0.1, -0.05) is 22.9 Å². The van der Waals surface area contributed by atoms with Gasteiger partial charge in [-0.3, -0.25) is 19.2 Å². The van der Waals surface area contributed by atoms with E-state index in [-0.39, 0.29) is 6.42 Å². The average Bonchev–Trinajstić information content (AvgIpc) is 2.36. The molecule has 0 saturated heterocycles. The van der Waals surface area contributed by atoms with Crippen molar-refractivity contribution in [3.05, 3.63) is 0 Å². The third-order valence-corrected chi connectivity index (χ3v) is 6.57. The lowest BCUT2D eigenvalue weighted by molar-refractivity contribution is -0.190. The Hall–Kier alpha value is -1.64. The molecule has 0 aliphatic heterocycles. The van der Waals surface area contributed by atoms with Gasteiger partial charge in [-0.25, -0.2) is 0 Å². The van der Waals surface area contributed by atoms with Gasteiger partial charge in [0.25, 0.3) is 0 Å². The molecule has 2 rings (SSSR count). The van der Waals surface area contributed by atoms with Crippen LogP contribution >= 0.6 is 15.9 Å². The molecular weight excluding hydrogens is 364 g/mol. The molecule has 0 radical (unpaired) electrons. The number of hydrogen-bond acceptors (Lipinski definition) is 4. The molecule has 0 amide bonds. The Kier molecular flexibility index (Phi) is 3.97. The molecule has 2 fully saturated rings. The molecule has 0 spiro atoms. The van der Waals surface area contributed by atoms with E-state index in [1.807, 2.05) is 0 Å². The number of hydrogen-bond donors (Lipinski definition) is 4. The second kappa shape index (κ2) is 5.22. The van der Waals surface area contributed by atoms with Crippen LogP contribution in [0.2, 0.25) is 0 Å². The number of fused-ring (bicyclic) bond motifs is 1. The van der Waals surface area contributed by atoms with Crippen molar-refractivity contribution in [2.45, 2.75) is 17.7 Å². The molecule has 0 aromatic heterocycles. The van der Waals surface area contributed by atoms with Crippen molar-refractivity contribution >= 4 is 39.8 Å². The van der Waals surface area contributed by atoms with E-state index >= 15 is 0 Å². The summed E-state index contributed by atoms with van der Waals surface area (Å²) in [5, 5.41) is 37.2. The van der Waals surface area contributed by atoms with Gasteiger partial charge in [-0.05, 0) is 24.2 Å². The zero-order valence-electron chi connectivity index (χ0n) is 11.5. The minimum atomic E-state index is -1.76. The number of carboxylic acids is 4. The Morgan fingerprint density at radius 2 is 1.55 bits per heavy atom. The molecular formula is C13H15BrO8. The van der Waals surface area contributed by atoms with E-state index in [1.54, 1.807) is 0 Å². The van der Waals surface area contributed by atoms with Crippen molar-refractivity contribution < 1.29 is 39.6 Å². The van der Waals surface area contributed by atoms with Crippen LogP contribution in [0.25, 0.3) is 0 Å². The van der Waals surface area contributed by atoms with Crippen molar-refractivity contribution in [2.75, 3.05) is 0 Å². The van der Waals surface area contributed by atoms with Crippen LogP contribution in [-0.4, -0.2) is 48.6 Å². The molecule has 4 N–H and O–H groups in total. The highest BCUT2D eigenvalue weighted by molar-refractivity contribution is 9.10. The Morgan fingerprint density at radius 3 is 1.91 bits per heavy atom. The van der Waals surface area contributed by atoms with Crippen molar-refractivity contribution in [3.8, 4) is 0 Å². The van der Waals surface area contributed by atoms with Gasteiger partial charge in [0.2, 0.25) is 0 Å². The summed E-state index contributed by atoms with van der Waals surface area (Å²) in [5.41, 5.74) is 0. The van der Waals surface area contributed by atoms with Crippen LogP contribution in [0.5, 0.6) is 0 Å². The minimum Gasteiger partial charge on any atom is -0.481 e. The zero-order chi connectivity index (χ0) is 17.0. The van der Waals surface area contributed by atoms with E-state index in [1.165, 1.54) is 6.92 Å². The molecule has 2 aliphatic carbocycles. The molecule has 7 unspecified atom stereocenters. The second-order valence-corrected chi connectivity index (χ2v) is 7.29. The minimum absolute atomic E-state index is 0.178. The Morgan fingerprint density at radius 1 is 1.00 bits per heavy atom. The van der Waals surface area contributed by atoms with Crippen molar-refractivity contribution in [1.82, 2.24) is 0 Å². The second-order valence-electron chi connectivity index (χ2n) is 5.98. The van der Waals surface area contributed by atoms with E-state index in [0.717, 1.165) is 0 Å². The van der Waals surface area contributed by atoms with Crippen molar-refractivity contribution in [1.29, 1.82) is 0 Å². The lowest BCUT2D eigenvalue weighted by atomic mass is 9.45. The van der Waals surface area contributed by atoms with Gasteiger partial charge in [-0.2, -0.15) is 0 Å². The molecule has 2 saturated carbocycles. The topological polar surface area (TPSA) is 149 Å². The normalized spacial score (nSPS) is 43.5. The standard InChI is InChI=1S/C13H15BrO8/c1-3-6(10(17)18)4(9(15)16)2-5-7(3)8(11(19)20)13(5,14)12(21)22/h3-8H,2H2,1H3,(H,15,16)(H,17,18)(H,19,20)(H,21,22). The average molecular weight is 379 g/mol. The first-order chi connectivity index (χ1) is 10.0. The van der Waals surface area contributed by atoms with E-state index in [4.69, 9.17) is 0 Å². The Labute approximate surface area is 133 Å². The first-order valence-electron chi connectivity index (χ1n) is 6.65. The molecule has 7 atom stereocenters. The molecule has 2 aliphatic rings. The largest absolute Gasteiger partial charge is 0.481 e. The lowest BCUT2D eigenvalue weighted by Gasteiger charge is -2.60. The van der Waals surface area contributed by atoms with Gasteiger partial charge in [0.05, 0.1) is 17.8 Å². The first kappa shape index (κ1) is 16.7. The van der Waals surface area contributed by atoms with Crippen molar-refractivity contribution in [2.24, 2.45) is 35.5 Å². The number of aliphatic carboxylic acids is 4. The van der Waals surface area contributed by atoms with E-state index in [0.29, 0.717) is 0 Å². The lowest BCUT2D eigenvalue weighted by Crippen LogP contribution is -2.70. The molecule has 8 nitrogen and oxygen atoms in total. The fourth-order valence-electron chi connectivity index (χ4n) is 4.22. The van der Waals surface area contributed by atoms with Crippen LogP contribution in [0.4, 0.5) is 0 Å². The molecule has 22 heavy (non-hydrogen) atoms. The zero-order valence-corrected chi connectivity index (χ0v) is 13.1. The predicted molar refractivity (Wildman–Crippen MR) is 73.4 cm³/mol.